The van der Waals surface area contributed by atoms with Gasteiger partial charge in [-0.15, -0.1) is 0 Å². The summed E-state index contributed by atoms with van der Waals surface area (Å²) >= 11 is 0. The standard InChI is InChI=1S/C6H12.CH3NO2/c1-3-5-6-4-2;2-1(3)4/h3,5H,4,6H2,1-2H3;2H2,(H,3,4)/b5-3+;. The highest BCUT2D eigenvalue weighted by Crippen LogP contribution is 1.85. The van der Waals surface area contributed by atoms with Crippen LogP contribution in [-0.2, 0) is 0 Å². The van der Waals surface area contributed by atoms with Crippen LogP contribution in [-0.4, -0.2) is 11.2 Å². The van der Waals surface area contributed by atoms with Crippen LogP contribution in [0.25, 0.3) is 0 Å². The van der Waals surface area contributed by atoms with Gasteiger partial charge >= 0.3 is 6.09 Å². The van der Waals surface area contributed by atoms with Crippen molar-refractivity contribution < 1.29 is 9.90 Å². The molecule has 1 amide bonds. The van der Waals surface area contributed by atoms with Gasteiger partial charge in [-0.05, 0) is 13.3 Å². The van der Waals surface area contributed by atoms with Gasteiger partial charge in [-0.2, -0.15) is 0 Å². The van der Waals surface area contributed by atoms with Crippen LogP contribution in [0.5, 0.6) is 0 Å². The largest absolute Gasteiger partial charge is 0.465 e. The molecule has 3 N–H and O–H groups in total. The molecule has 0 aromatic rings. The third-order valence-electron chi connectivity index (χ3n) is 0.691. The number of hydrogen-bond donors (Lipinski definition) is 2. The highest BCUT2D eigenvalue weighted by atomic mass is 16.4. The molecule has 0 aromatic carbocycles. The van der Waals surface area contributed by atoms with Crippen LogP contribution in [0.4, 0.5) is 4.79 Å². The van der Waals surface area contributed by atoms with Gasteiger partial charge in [-0.3, -0.25) is 0 Å². The van der Waals surface area contributed by atoms with Crippen molar-refractivity contribution in [3.05, 3.63) is 12.2 Å². The summed E-state index contributed by atoms with van der Waals surface area (Å²) in [5, 5.41) is 7.19. The summed E-state index contributed by atoms with van der Waals surface area (Å²) in [6.45, 7) is 4.23. The molecule has 0 aromatic heterocycles. The highest BCUT2D eigenvalue weighted by molar-refractivity contribution is 5.61. The van der Waals surface area contributed by atoms with E-state index >= 15 is 0 Å². The zero-order valence-corrected chi connectivity index (χ0v) is 6.50. The van der Waals surface area contributed by atoms with E-state index < -0.39 is 6.09 Å². The molecule has 0 aliphatic heterocycles. The van der Waals surface area contributed by atoms with Crippen LogP contribution in [0, 0.1) is 0 Å². The molecule has 0 fully saturated rings. The Balaban J connectivity index is 0. The molecule has 0 heterocycles. The number of carboxylic acid groups (broad SMARTS) is 1. The lowest BCUT2D eigenvalue weighted by molar-refractivity contribution is 0.205. The summed E-state index contributed by atoms with van der Waals surface area (Å²) < 4.78 is 0. The van der Waals surface area contributed by atoms with Crippen LogP contribution >= 0.6 is 0 Å². The Morgan fingerprint density at radius 3 is 2.20 bits per heavy atom. The van der Waals surface area contributed by atoms with Gasteiger partial charge < -0.3 is 10.8 Å². The molecule has 0 spiro atoms. The van der Waals surface area contributed by atoms with Gasteiger partial charge in [-0.25, -0.2) is 4.79 Å². The average Bonchev–Trinajstić information content (AvgIpc) is 1.82. The molecule has 3 heteroatoms. The summed E-state index contributed by atoms with van der Waals surface area (Å²) in [5.74, 6) is 0. The molecule has 0 rings (SSSR count). The minimum atomic E-state index is -1.33. The monoisotopic (exact) mass is 145 g/mol. The zero-order chi connectivity index (χ0) is 8.41. The third kappa shape index (κ3) is 62.7. The minimum Gasteiger partial charge on any atom is -0.465 e. The third-order valence-corrected chi connectivity index (χ3v) is 0.691. The Labute approximate surface area is 61.5 Å². The van der Waals surface area contributed by atoms with Gasteiger partial charge in [0.2, 0.25) is 0 Å². The lowest BCUT2D eigenvalue weighted by atomic mass is 10.3. The smallest absolute Gasteiger partial charge is 0.402 e. The number of allylic oxidation sites excluding steroid dienone is 2. The summed E-state index contributed by atoms with van der Waals surface area (Å²) in [6.07, 6.45) is 5.43. The van der Waals surface area contributed by atoms with Gasteiger partial charge in [0, 0.05) is 0 Å². The lowest BCUT2D eigenvalue weighted by Crippen LogP contribution is -2.03. The topological polar surface area (TPSA) is 63.3 Å². The summed E-state index contributed by atoms with van der Waals surface area (Å²) in [4.78, 5) is 8.78. The van der Waals surface area contributed by atoms with Gasteiger partial charge in [0.05, 0.1) is 0 Å². The maximum absolute atomic E-state index is 8.78. The molecule has 0 aliphatic carbocycles. The van der Waals surface area contributed by atoms with E-state index in [-0.39, 0.29) is 0 Å². The van der Waals surface area contributed by atoms with E-state index in [0.29, 0.717) is 0 Å². The predicted molar refractivity (Wildman–Crippen MR) is 41.9 cm³/mol. The van der Waals surface area contributed by atoms with Gasteiger partial charge in [0.15, 0.2) is 0 Å². The maximum Gasteiger partial charge on any atom is 0.402 e. The molecule has 60 valence electrons. The molecule has 0 saturated heterocycles. The van der Waals surface area contributed by atoms with Crippen LogP contribution in [0.15, 0.2) is 12.2 Å². The quantitative estimate of drug-likeness (QED) is 0.583. The number of nitrogens with two attached hydrogens (primary N) is 1. The van der Waals surface area contributed by atoms with E-state index in [1.807, 2.05) is 0 Å². The fourth-order valence-electron chi connectivity index (χ4n) is 0.333. The first-order valence-electron chi connectivity index (χ1n) is 3.24. The van der Waals surface area contributed by atoms with E-state index in [2.05, 4.69) is 31.7 Å². The first-order valence-corrected chi connectivity index (χ1v) is 3.24. The average molecular weight is 145 g/mol. The Morgan fingerprint density at radius 2 is 2.10 bits per heavy atom. The Hall–Kier alpha value is -0.990. The molecule has 3 nitrogen and oxygen atoms in total. The van der Waals surface area contributed by atoms with Gasteiger partial charge in [0.25, 0.3) is 0 Å². The summed E-state index contributed by atoms with van der Waals surface area (Å²) in [5.41, 5.74) is 4.03. The number of primary amides is 1. The zero-order valence-electron chi connectivity index (χ0n) is 6.50. The van der Waals surface area contributed by atoms with Crippen LogP contribution in [0.2, 0.25) is 0 Å². The molecular formula is C7H15NO2. The molecule has 0 radical (unpaired) electrons. The van der Waals surface area contributed by atoms with E-state index in [9.17, 15) is 0 Å². The number of rotatable bonds is 2. The van der Waals surface area contributed by atoms with Gasteiger partial charge in [0.1, 0.15) is 0 Å². The molecule has 0 bridgehead atoms. The van der Waals surface area contributed by atoms with Crippen molar-refractivity contribution in [1.82, 2.24) is 0 Å². The Morgan fingerprint density at radius 1 is 1.70 bits per heavy atom. The van der Waals surface area contributed by atoms with Crippen molar-refractivity contribution in [2.45, 2.75) is 26.7 Å². The second kappa shape index (κ2) is 10.9. The Bertz CT molecular complexity index is 95.8. The minimum absolute atomic E-state index is 1.23. The molecule has 10 heavy (non-hydrogen) atoms. The highest BCUT2D eigenvalue weighted by Gasteiger charge is 1.65. The molecule has 0 unspecified atom stereocenters. The van der Waals surface area contributed by atoms with Gasteiger partial charge in [-0.1, -0.05) is 25.5 Å². The van der Waals surface area contributed by atoms with Crippen molar-refractivity contribution in [1.29, 1.82) is 0 Å². The lowest BCUT2D eigenvalue weighted by Gasteiger charge is -1.76. The molecular weight excluding hydrogens is 130 g/mol. The van der Waals surface area contributed by atoms with E-state index in [1.165, 1.54) is 12.8 Å². The SMILES string of the molecule is C/C=C/CCC.NC(=O)O. The van der Waals surface area contributed by atoms with Crippen LogP contribution < -0.4 is 5.73 Å². The maximum atomic E-state index is 8.78. The Kier molecular flexibility index (Phi) is 12.8. The summed E-state index contributed by atoms with van der Waals surface area (Å²) in [6, 6.07) is 0. The summed E-state index contributed by atoms with van der Waals surface area (Å²) in [7, 11) is 0. The van der Waals surface area contributed by atoms with Crippen molar-refractivity contribution in [3.8, 4) is 0 Å². The predicted octanol–water partition coefficient (Wildman–Crippen LogP) is 1.99. The van der Waals surface area contributed by atoms with Crippen molar-refractivity contribution in [3.63, 3.8) is 0 Å². The van der Waals surface area contributed by atoms with Crippen LogP contribution in [0.1, 0.15) is 26.7 Å². The molecule has 0 atom stereocenters. The second-order valence-corrected chi connectivity index (χ2v) is 1.70. The van der Waals surface area contributed by atoms with Crippen LogP contribution in [0.3, 0.4) is 0 Å². The fraction of sp³-hybridized carbons (Fsp3) is 0.571. The fourth-order valence-corrected chi connectivity index (χ4v) is 0.333. The number of carbonyl (C=O) groups is 1. The van der Waals surface area contributed by atoms with Crippen molar-refractivity contribution in [2.24, 2.45) is 5.73 Å². The van der Waals surface area contributed by atoms with Crippen molar-refractivity contribution in [2.75, 3.05) is 0 Å². The normalized spacial score (nSPS) is 8.60. The first kappa shape index (κ1) is 11.8. The molecule has 0 aliphatic rings. The molecule has 0 saturated carbocycles. The van der Waals surface area contributed by atoms with E-state index in [1.54, 1.807) is 0 Å². The number of unbranched alkanes of at least 4 members (excludes halogenated alkanes) is 1. The first-order chi connectivity index (χ1) is 4.65. The van der Waals surface area contributed by atoms with E-state index in [4.69, 9.17) is 9.90 Å². The number of amides is 1. The van der Waals surface area contributed by atoms with Crippen molar-refractivity contribution >= 4 is 6.09 Å². The second-order valence-electron chi connectivity index (χ2n) is 1.70. The number of hydrogen-bond acceptors (Lipinski definition) is 1. The van der Waals surface area contributed by atoms with E-state index in [0.717, 1.165) is 0 Å².